The van der Waals surface area contributed by atoms with E-state index in [9.17, 15) is 0 Å². The van der Waals surface area contributed by atoms with Crippen LogP contribution in [0.5, 0.6) is 0 Å². The lowest BCUT2D eigenvalue weighted by Crippen LogP contribution is -2.48. The average Bonchev–Trinajstić information content (AvgIpc) is 3.49. The third kappa shape index (κ3) is 3.94. The number of thiophene rings is 1. The maximum Gasteiger partial charge on any atom is 0.174 e. The van der Waals surface area contributed by atoms with Crippen LogP contribution >= 0.6 is 11.3 Å². The molecule has 1 aromatic carbocycles. The third-order valence-electron chi connectivity index (χ3n) is 6.30. The standard InChI is InChI=1S/C22H28N6S/c1-3-8-18(9-4-1)26-13-15-27(16-14-26)21(20-12-7-17-29-20)22-23-24-25-28(22)19-10-5-2-6-11-19/h1,3-4,7-9,12,17,19,21H,2,5-6,10-11,13-16H2. The molecule has 2 fully saturated rings. The van der Waals surface area contributed by atoms with Crippen LogP contribution in [0.15, 0.2) is 47.8 Å². The minimum Gasteiger partial charge on any atom is -0.369 e. The van der Waals surface area contributed by atoms with Crippen LogP contribution in [0.3, 0.4) is 0 Å². The molecule has 1 aliphatic carbocycles. The Morgan fingerprint density at radius 2 is 1.69 bits per heavy atom. The van der Waals surface area contributed by atoms with Gasteiger partial charge in [-0.05, 0) is 46.8 Å². The Kier molecular flexibility index (Phi) is 5.58. The van der Waals surface area contributed by atoms with Gasteiger partial charge in [-0.1, -0.05) is 43.5 Å². The Morgan fingerprint density at radius 1 is 0.897 bits per heavy atom. The van der Waals surface area contributed by atoms with Gasteiger partial charge in [0.05, 0.1) is 6.04 Å². The Morgan fingerprint density at radius 3 is 2.41 bits per heavy atom. The summed E-state index contributed by atoms with van der Waals surface area (Å²) in [6.07, 6.45) is 6.28. The van der Waals surface area contributed by atoms with Gasteiger partial charge in [0.15, 0.2) is 5.82 Å². The molecule has 0 spiro atoms. The van der Waals surface area contributed by atoms with Crippen molar-refractivity contribution in [2.24, 2.45) is 0 Å². The number of hydrogen-bond acceptors (Lipinski definition) is 6. The van der Waals surface area contributed by atoms with Gasteiger partial charge in [0.25, 0.3) is 0 Å². The molecule has 0 amide bonds. The van der Waals surface area contributed by atoms with Gasteiger partial charge in [-0.3, -0.25) is 4.90 Å². The number of nitrogens with zero attached hydrogens (tertiary/aromatic N) is 6. The molecular formula is C22H28N6S. The Labute approximate surface area is 176 Å². The molecule has 1 unspecified atom stereocenters. The van der Waals surface area contributed by atoms with Gasteiger partial charge in [-0.15, -0.1) is 16.4 Å². The van der Waals surface area contributed by atoms with Crippen LogP contribution in [0.25, 0.3) is 0 Å². The number of rotatable bonds is 5. The van der Waals surface area contributed by atoms with Crippen molar-refractivity contribution in [3.05, 3.63) is 58.5 Å². The van der Waals surface area contributed by atoms with Crippen molar-refractivity contribution in [2.75, 3.05) is 31.1 Å². The van der Waals surface area contributed by atoms with E-state index in [1.165, 1.54) is 42.7 Å². The summed E-state index contributed by atoms with van der Waals surface area (Å²) in [5.74, 6) is 1.02. The fourth-order valence-corrected chi connectivity index (χ4v) is 5.62. The number of benzene rings is 1. The van der Waals surface area contributed by atoms with Crippen molar-refractivity contribution >= 4 is 17.0 Å². The van der Waals surface area contributed by atoms with Crippen molar-refractivity contribution in [1.29, 1.82) is 0 Å². The highest BCUT2D eigenvalue weighted by Gasteiger charge is 2.33. The first kappa shape index (κ1) is 18.8. The van der Waals surface area contributed by atoms with Crippen molar-refractivity contribution < 1.29 is 0 Å². The minimum atomic E-state index is 0.143. The molecule has 1 saturated carbocycles. The van der Waals surface area contributed by atoms with Gasteiger partial charge in [0.1, 0.15) is 6.04 Å². The third-order valence-corrected chi connectivity index (χ3v) is 7.22. The highest BCUT2D eigenvalue weighted by atomic mass is 32.1. The molecule has 2 aliphatic rings. The second-order valence-electron chi connectivity index (χ2n) is 8.05. The molecule has 6 nitrogen and oxygen atoms in total. The van der Waals surface area contributed by atoms with E-state index in [-0.39, 0.29) is 6.04 Å². The number of hydrogen-bond donors (Lipinski definition) is 0. The van der Waals surface area contributed by atoms with Crippen LogP contribution in [0.2, 0.25) is 0 Å². The summed E-state index contributed by atoms with van der Waals surface area (Å²) in [7, 11) is 0. The quantitative estimate of drug-likeness (QED) is 0.635. The summed E-state index contributed by atoms with van der Waals surface area (Å²) in [6, 6.07) is 15.7. The number of anilines is 1. The molecule has 0 N–H and O–H groups in total. The molecule has 1 saturated heterocycles. The predicted molar refractivity (Wildman–Crippen MR) is 116 cm³/mol. The monoisotopic (exact) mass is 408 g/mol. The fraction of sp³-hybridized carbons (Fsp3) is 0.500. The van der Waals surface area contributed by atoms with E-state index >= 15 is 0 Å². The summed E-state index contributed by atoms with van der Waals surface area (Å²) < 4.78 is 2.15. The molecule has 3 heterocycles. The summed E-state index contributed by atoms with van der Waals surface area (Å²) in [6.45, 7) is 4.07. The van der Waals surface area contributed by atoms with Gasteiger partial charge in [-0.2, -0.15) is 0 Å². The van der Waals surface area contributed by atoms with Crippen LogP contribution in [0.1, 0.15) is 54.9 Å². The van der Waals surface area contributed by atoms with E-state index in [0.717, 1.165) is 32.0 Å². The molecule has 0 bridgehead atoms. The first-order valence-electron chi connectivity index (χ1n) is 10.8. The topological polar surface area (TPSA) is 50.1 Å². The van der Waals surface area contributed by atoms with E-state index in [1.807, 2.05) is 11.3 Å². The van der Waals surface area contributed by atoms with Crippen molar-refractivity contribution in [2.45, 2.75) is 44.2 Å². The van der Waals surface area contributed by atoms with Crippen LogP contribution in [0, 0.1) is 0 Å². The highest BCUT2D eigenvalue weighted by Crippen LogP contribution is 2.35. The highest BCUT2D eigenvalue weighted by molar-refractivity contribution is 7.10. The average molecular weight is 409 g/mol. The summed E-state index contributed by atoms with van der Waals surface area (Å²) >= 11 is 1.81. The Hall–Kier alpha value is -2.25. The molecule has 29 heavy (non-hydrogen) atoms. The molecular weight excluding hydrogens is 380 g/mol. The van der Waals surface area contributed by atoms with Crippen molar-refractivity contribution in [3.63, 3.8) is 0 Å². The molecule has 5 rings (SSSR count). The molecule has 2 aromatic heterocycles. The van der Waals surface area contributed by atoms with E-state index in [4.69, 9.17) is 0 Å². The number of piperazine rings is 1. The lowest BCUT2D eigenvalue weighted by molar-refractivity contribution is 0.196. The van der Waals surface area contributed by atoms with Crippen LogP contribution in [0.4, 0.5) is 5.69 Å². The molecule has 7 heteroatoms. The molecule has 3 aromatic rings. The van der Waals surface area contributed by atoms with Crippen LogP contribution in [-0.4, -0.2) is 51.3 Å². The first-order chi connectivity index (χ1) is 14.4. The van der Waals surface area contributed by atoms with Gasteiger partial charge >= 0.3 is 0 Å². The van der Waals surface area contributed by atoms with Crippen molar-refractivity contribution in [1.82, 2.24) is 25.1 Å². The van der Waals surface area contributed by atoms with Gasteiger partial charge in [0, 0.05) is 36.7 Å². The maximum atomic E-state index is 4.55. The largest absolute Gasteiger partial charge is 0.369 e. The molecule has 1 aliphatic heterocycles. The van der Waals surface area contributed by atoms with Gasteiger partial charge < -0.3 is 4.90 Å². The van der Waals surface area contributed by atoms with Crippen LogP contribution < -0.4 is 4.90 Å². The summed E-state index contributed by atoms with van der Waals surface area (Å²) in [5, 5.41) is 15.3. The predicted octanol–water partition coefficient (Wildman–Crippen LogP) is 4.15. The lowest BCUT2D eigenvalue weighted by Gasteiger charge is -2.39. The number of aromatic nitrogens is 4. The Bertz CT molecular complexity index is 879. The zero-order valence-corrected chi connectivity index (χ0v) is 17.5. The van der Waals surface area contributed by atoms with Crippen molar-refractivity contribution in [3.8, 4) is 0 Å². The summed E-state index contributed by atoms with van der Waals surface area (Å²) in [5.41, 5.74) is 1.31. The van der Waals surface area contributed by atoms with E-state index in [2.05, 4.69) is 77.9 Å². The van der Waals surface area contributed by atoms with E-state index in [1.54, 1.807) is 0 Å². The van der Waals surface area contributed by atoms with E-state index < -0.39 is 0 Å². The molecule has 152 valence electrons. The first-order valence-corrected chi connectivity index (χ1v) is 11.6. The Balaban J connectivity index is 1.39. The lowest BCUT2D eigenvalue weighted by atomic mass is 9.95. The minimum absolute atomic E-state index is 0.143. The maximum absolute atomic E-state index is 4.55. The molecule has 0 radical (unpaired) electrons. The fourth-order valence-electron chi connectivity index (χ4n) is 4.76. The van der Waals surface area contributed by atoms with Gasteiger partial charge in [0.2, 0.25) is 0 Å². The number of para-hydroxylation sites is 1. The molecule has 1 atom stereocenters. The van der Waals surface area contributed by atoms with E-state index in [0.29, 0.717) is 6.04 Å². The van der Waals surface area contributed by atoms with Crippen LogP contribution in [-0.2, 0) is 0 Å². The zero-order chi connectivity index (χ0) is 19.5. The van der Waals surface area contributed by atoms with Gasteiger partial charge in [-0.25, -0.2) is 4.68 Å². The summed E-state index contributed by atoms with van der Waals surface area (Å²) in [4.78, 5) is 6.38. The second kappa shape index (κ2) is 8.63. The normalized spacial score (nSPS) is 20.1. The zero-order valence-electron chi connectivity index (χ0n) is 16.7. The number of tetrazole rings is 1. The SMILES string of the molecule is c1ccc(N2CCN(C(c3cccs3)c3nnnn3C3CCCCC3)CC2)cc1. The second-order valence-corrected chi connectivity index (χ2v) is 9.03. The smallest absolute Gasteiger partial charge is 0.174 e.